The molecule has 16 heavy (non-hydrogen) atoms. The van der Waals surface area contributed by atoms with Crippen molar-refractivity contribution in [3.63, 3.8) is 0 Å². The Morgan fingerprint density at radius 3 is 2.88 bits per heavy atom. The minimum Gasteiger partial charge on any atom is -0.381 e. The van der Waals surface area contributed by atoms with Gasteiger partial charge in [-0.3, -0.25) is 0 Å². The summed E-state index contributed by atoms with van der Waals surface area (Å²) in [4.78, 5) is 4.42. The fourth-order valence-electron chi connectivity index (χ4n) is 2.24. The van der Waals surface area contributed by atoms with Gasteiger partial charge in [0.15, 0.2) is 0 Å². The second-order valence-electron chi connectivity index (χ2n) is 4.41. The van der Waals surface area contributed by atoms with E-state index in [9.17, 15) is 0 Å². The third-order valence-corrected chi connectivity index (χ3v) is 3.24. The Hall–Kier alpha value is -0.870. The summed E-state index contributed by atoms with van der Waals surface area (Å²) in [5.41, 5.74) is 0. The molecule has 0 saturated carbocycles. The van der Waals surface area contributed by atoms with Crippen LogP contribution in [0.3, 0.4) is 0 Å². The summed E-state index contributed by atoms with van der Waals surface area (Å²) in [6.07, 6.45) is 7.16. The number of hydrogen-bond donors (Lipinski definition) is 1. The standard InChI is InChI=1S/C12H21N3O/c1-3-11(12-13-6-7-15(12)2)14-10-4-8-16-9-5-10/h6-7,10-11,14H,3-5,8-9H2,1-2H3. The molecule has 1 atom stereocenters. The van der Waals surface area contributed by atoms with E-state index < -0.39 is 0 Å². The van der Waals surface area contributed by atoms with Crippen molar-refractivity contribution in [3.8, 4) is 0 Å². The van der Waals surface area contributed by atoms with Gasteiger partial charge in [0.2, 0.25) is 0 Å². The largest absolute Gasteiger partial charge is 0.381 e. The lowest BCUT2D eigenvalue weighted by Crippen LogP contribution is -2.38. The zero-order valence-corrected chi connectivity index (χ0v) is 10.1. The fraction of sp³-hybridized carbons (Fsp3) is 0.750. The molecule has 2 heterocycles. The second-order valence-corrected chi connectivity index (χ2v) is 4.41. The first-order chi connectivity index (χ1) is 7.81. The summed E-state index contributed by atoms with van der Waals surface area (Å²) >= 11 is 0. The van der Waals surface area contributed by atoms with Crippen molar-refractivity contribution in [1.29, 1.82) is 0 Å². The van der Waals surface area contributed by atoms with Crippen LogP contribution >= 0.6 is 0 Å². The van der Waals surface area contributed by atoms with Crippen molar-refractivity contribution in [2.24, 2.45) is 7.05 Å². The van der Waals surface area contributed by atoms with Crippen LogP contribution in [0.25, 0.3) is 0 Å². The molecular formula is C12H21N3O. The van der Waals surface area contributed by atoms with Crippen LogP contribution in [0, 0.1) is 0 Å². The first-order valence-corrected chi connectivity index (χ1v) is 6.12. The van der Waals surface area contributed by atoms with Crippen LogP contribution in [0.2, 0.25) is 0 Å². The van der Waals surface area contributed by atoms with Crippen molar-refractivity contribution >= 4 is 0 Å². The van der Waals surface area contributed by atoms with Crippen LogP contribution in [0.4, 0.5) is 0 Å². The number of nitrogens with zero attached hydrogens (tertiary/aromatic N) is 2. The first kappa shape index (κ1) is 11.6. The predicted molar refractivity (Wildman–Crippen MR) is 63.2 cm³/mol. The molecule has 1 aliphatic rings. The maximum absolute atomic E-state index is 5.37. The van der Waals surface area contributed by atoms with Crippen LogP contribution in [-0.4, -0.2) is 28.8 Å². The minimum absolute atomic E-state index is 0.364. The highest BCUT2D eigenvalue weighted by molar-refractivity contribution is 4.99. The van der Waals surface area contributed by atoms with Crippen molar-refractivity contribution in [2.45, 2.75) is 38.3 Å². The van der Waals surface area contributed by atoms with E-state index in [1.807, 2.05) is 12.4 Å². The maximum atomic E-state index is 5.37. The molecule has 2 rings (SSSR count). The highest BCUT2D eigenvalue weighted by Crippen LogP contribution is 2.17. The third kappa shape index (κ3) is 2.62. The third-order valence-electron chi connectivity index (χ3n) is 3.24. The Kier molecular flexibility index (Phi) is 3.96. The van der Waals surface area contributed by atoms with Gasteiger partial charge in [-0.25, -0.2) is 4.98 Å². The molecule has 0 amide bonds. The molecule has 4 heteroatoms. The number of ether oxygens (including phenoxy) is 1. The Morgan fingerprint density at radius 1 is 1.56 bits per heavy atom. The molecule has 0 aromatic carbocycles. The van der Waals surface area contributed by atoms with Gasteiger partial charge in [-0.1, -0.05) is 6.92 Å². The number of rotatable bonds is 4. The average molecular weight is 223 g/mol. The van der Waals surface area contributed by atoms with E-state index in [0.29, 0.717) is 12.1 Å². The van der Waals surface area contributed by atoms with Gasteiger partial charge >= 0.3 is 0 Å². The van der Waals surface area contributed by atoms with E-state index in [1.165, 1.54) is 0 Å². The number of hydrogen-bond acceptors (Lipinski definition) is 3. The van der Waals surface area contributed by atoms with Gasteiger partial charge in [0.1, 0.15) is 5.82 Å². The van der Waals surface area contributed by atoms with Gasteiger partial charge < -0.3 is 14.6 Å². The molecule has 1 unspecified atom stereocenters. The number of aromatic nitrogens is 2. The van der Waals surface area contributed by atoms with Crippen LogP contribution in [0.1, 0.15) is 38.1 Å². The molecule has 90 valence electrons. The van der Waals surface area contributed by atoms with Gasteiger partial charge in [0.05, 0.1) is 6.04 Å². The predicted octanol–water partition coefficient (Wildman–Crippen LogP) is 1.64. The van der Waals surface area contributed by atoms with E-state index in [0.717, 1.165) is 38.3 Å². The molecule has 1 aromatic rings. The van der Waals surface area contributed by atoms with Crippen LogP contribution in [0.15, 0.2) is 12.4 Å². The van der Waals surface area contributed by atoms with Gasteiger partial charge in [-0.2, -0.15) is 0 Å². The lowest BCUT2D eigenvalue weighted by atomic mass is 10.1. The SMILES string of the molecule is CCC(NC1CCOCC1)c1nccn1C. The normalized spacial score (nSPS) is 19.9. The molecule has 1 aliphatic heterocycles. The summed E-state index contributed by atoms with van der Waals surface area (Å²) in [6.45, 7) is 3.97. The van der Waals surface area contributed by atoms with E-state index in [2.05, 4.69) is 28.8 Å². The molecule has 0 spiro atoms. The van der Waals surface area contributed by atoms with Gasteiger partial charge in [-0.15, -0.1) is 0 Å². The molecule has 1 fully saturated rings. The summed E-state index contributed by atoms with van der Waals surface area (Å²) in [5.74, 6) is 1.13. The summed E-state index contributed by atoms with van der Waals surface area (Å²) in [6, 6.07) is 0.943. The summed E-state index contributed by atoms with van der Waals surface area (Å²) < 4.78 is 7.47. The monoisotopic (exact) mass is 223 g/mol. The number of nitrogens with one attached hydrogen (secondary N) is 1. The lowest BCUT2D eigenvalue weighted by Gasteiger charge is -2.27. The molecule has 1 aromatic heterocycles. The lowest BCUT2D eigenvalue weighted by molar-refractivity contribution is 0.0742. The second kappa shape index (κ2) is 5.46. The van der Waals surface area contributed by atoms with Crippen molar-refractivity contribution in [2.75, 3.05) is 13.2 Å². The molecule has 0 bridgehead atoms. The molecule has 0 radical (unpaired) electrons. The van der Waals surface area contributed by atoms with E-state index in [4.69, 9.17) is 4.74 Å². The fourth-order valence-corrected chi connectivity index (χ4v) is 2.24. The Morgan fingerprint density at radius 2 is 2.31 bits per heavy atom. The van der Waals surface area contributed by atoms with Crippen molar-refractivity contribution in [3.05, 3.63) is 18.2 Å². The topological polar surface area (TPSA) is 39.1 Å². The minimum atomic E-state index is 0.364. The van der Waals surface area contributed by atoms with Gasteiger partial charge in [-0.05, 0) is 19.3 Å². The first-order valence-electron chi connectivity index (χ1n) is 6.12. The molecule has 1 saturated heterocycles. The Balaban J connectivity index is 1.97. The van der Waals surface area contributed by atoms with Crippen molar-refractivity contribution in [1.82, 2.24) is 14.9 Å². The van der Waals surface area contributed by atoms with Crippen LogP contribution < -0.4 is 5.32 Å². The molecule has 1 N–H and O–H groups in total. The number of aryl methyl sites for hydroxylation is 1. The molecule has 4 nitrogen and oxygen atoms in total. The summed E-state index contributed by atoms with van der Waals surface area (Å²) in [7, 11) is 2.05. The van der Waals surface area contributed by atoms with E-state index in [-0.39, 0.29) is 0 Å². The Labute approximate surface area is 97.0 Å². The van der Waals surface area contributed by atoms with Crippen LogP contribution in [0.5, 0.6) is 0 Å². The smallest absolute Gasteiger partial charge is 0.125 e. The van der Waals surface area contributed by atoms with Crippen molar-refractivity contribution < 1.29 is 4.74 Å². The maximum Gasteiger partial charge on any atom is 0.125 e. The van der Waals surface area contributed by atoms with Crippen LogP contribution in [-0.2, 0) is 11.8 Å². The Bertz CT molecular complexity index is 318. The zero-order valence-electron chi connectivity index (χ0n) is 10.1. The van der Waals surface area contributed by atoms with E-state index >= 15 is 0 Å². The van der Waals surface area contributed by atoms with Gasteiger partial charge in [0.25, 0.3) is 0 Å². The van der Waals surface area contributed by atoms with Gasteiger partial charge in [0, 0.05) is 38.7 Å². The highest BCUT2D eigenvalue weighted by Gasteiger charge is 2.20. The number of imidazole rings is 1. The zero-order chi connectivity index (χ0) is 11.4. The molecule has 0 aliphatic carbocycles. The summed E-state index contributed by atoms with van der Waals surface area (Å²) in [5, 5.41) is 3.69. The van der Waals surface area contributed by atoms with E-state index in [1.54, 1.807) is 0 Å². The highest BCUT2D eigenvalue weighted by atomic mass is 16.5. The quantitative estimate of drug-likeness (QED) is 0.843. The average Bonchev–Trinajstić information content (AvgIpc) is 2.74. The molecular weight excluding hydrogens is 202 g/mol.